The van der Waals surface area contributed by atoms with Gasteiger partial charge in [0.1, 0.15) is 6.04 Å². The van der Waals surface area contributed by atoms with Crippen molar-refractivity contribution in [1.82, 2.24) is 4.90 Å². The summed E-state index contributed by atoms with van der Waals surface area (Å²) in [7, 11) is 1.98. The minimum atomic E-state index is -0.692. The molecule has 4 fully saturated rings. The number of likely N-dealkylation sites (N-methyl/N-ethyl adjacent to an activating group) is 1. The Kier molecular flexibility index (Phi) is 2.92. The summed E-state index contributed by atoms with van der Waals surface area (Å²) in [5, 5.41) is 9.12. The van der Waals surface area contributed by atoms with Gasteiger partial charge >= 0.3 is 5.97 Å². The average molecular weight is 251 g/mol. The third-order valence-corrected chi connectivity index (χ3v) is 5.77. The average Bonchev–Trinajstić information content (AvgIpc) is 2.24. The minimum absolute atomic E-state index is 0.349. The van der Waals surface area contributed by atoms with Crippen molar-refractivity contribution in [2.24, 2.45) is 23.2 Å². The molecule has 102 valence electrons. The first-order valence-corrected chi connectivity index (χ1v) is 7.40. The Morgan fingerprint density at radius 3 is 2.06 bits per heavy atom. The van der Waals surface area contributed by atoms with E-state index in [4.69, 9.17) is 5.11 Å². The van der Waals surface area contributed by atoms with Crippen molar-refractivity contribution in [3.63, 3.8) is 0 Å². The highest BCUT2D eigenvalue weighted by atomic mass is 16.4. The summed E-state index contributed by atoms with van der Waals surface area (Å²) in [6.45, 7) is 2.80. The number of hydrogen-bond acceptors (Lipinski definition) is 2. The van der Waals surface area contributed by atoms with Crippen LogP contribution in [0.1, 0.15) is 45.4 Å². The molecule has 0 aromatic rings. The molecule has 3 nitrogen and oxygen atoms in total. The molecule has 0 unspecified atom stereocenters. The van der Waals surface area contributed by atoms with Crippen LogP contribution in [-0.4, -0.2) is 35.6 Å². The summed E-state index contributed by atoms with van der Waals surface area (Å²) < 4.78 is 0. The maximum Gasteiger partial charge on any atom is 0.320 e. The van der Waals surface area contributed by atoms with Gasteiger partial charge in [-0.2, -0.15) is 0 Å². The lowest BCUT2D eigenvalue weighted by Crippen LogP contribution is -2.52. The Labute approximate surface area is 110 Å². The second-order valence-corrected chi connectivity index (χ2v) is 7.35. The molecule has 0 heterocycles. The van der Waals surface area contributed by atoms with Crippen molar-refractivity contribution in [1.29, 1.82) is 0 Å². The Morgan fingerprint density at radius 1 is 1.22 bits per heavy atom. The zero-order valence-corrected chi connectivity index (χ0v) is 11.6. The standard InChI is InChI=1S/C15H25NO2/c1-10(14(17)18)16(2)9-15-6-11-3-12(7-15)5-13(4-11)8-15/h10-13H,3-9H2,1-2H3,(H,17,18)/t10-,11?,12?,13?,15?/m0/s1. The van der Waals surface area contributed by atoms with Gasteiger partial charge in [0.2, 0.25) is 0 Å². The van der Waals surface area contributed by atoms with Crippen LogP contribution < -0.4 is 0 Å². The van der Waals surface area contributed by atoms with E-state index in [0.717, 1.165) is 24.3 Å². The molecule has 1 atom stereocenters. The molecule has 4 saturated carbocycles. The molecule has 1 N–H and O–H groups in total. The molecule has 0 aliphatic heterocycles. The number of nitrogens with zero attached hydrogens (tertiary/aromatic N) is 1. The molecule has 0 radical (unpaired) electrons. The van der Waals surface area contributed by atoms with E-state index in [-0.39, 0.29) is 6.04 Å². The van der Waals surface area contributed by atoms with Crippen LogP contribution in [0.15, 0.2) is 0 Å². The van der Waals surface area contributed by atoms with E-state index >= 15 is 0 Å². The largest absolute Gasteiger partial charge is 0.480 e. The van der Waals surface area contributed by atoms with Gasteiger partial charge in [-0.25, -0.2) is 0 Å². The van der Waals surface area contributed by atoms with Crippen LogP contribution in [-0.2, 0) is 4.79 Å². The Bertz CT molecular complexity index is 317. The van der Waals surface area contributed by atoms with Gasteiger partial charge in [-0.3, -0.25) is 9.69 Å². The smallest absolute Gasteiger partial charge is 0.320 e. The molecule has 3 heteroatoms. The maximum absolute atomic E-state index is 11.1. The van der Waals surface area contributed by atoms with Crippen LogP contribution in [0.25, 0.3) is 0 Å². The van der Waals surface area contributed by atoms with E-state index in [1.54, 1.807) is 0 Å². The molecule has 0 spiro atoms. The fourth-order valence-corrected chi connectivity index (χ4v) is 5.34. The molecule has 0 amide bonds. The second-order valence-electron chi connectivity index (χ2n) is 7.35. The number of carboxylic acid groups (broad SMARTS) is 1. The lowest BCUT2D eigenvalue weighted by Gasteiger charge is -2.58. The van der Waals surface area contributed by atoms with Crippen LogP contribution in [0.3, 0.4) is 0 Å². The third-order valence-electron chi connectivity index (χ3n) is 5.77. The first-order valence-electron chi connectivity index (χ1n) is 7.40. The maximum atomic E-state index is 11.1. The summed E-state index contributed by atoms with van der Waals surface area (Å²) in [6, 6.07) is -0.349. The predicted octanol–water partition coefficient (Wildman–Crippen LogP) is 2.61. The summed E-state index contributed by atoms with van der Waals surface area (Å²) in [5.74, 6) is 2.15. The zero-order valence-electron chi connectivity index (χ0n) is 11.6. The molecule has 4 aliphatic rings. The van der Waals surface area contributed by atoms with E-state index in [9.17, 15) is 4.79 Å². The van der Waals surface area contributed by atoms with E-state index in [0.29, 0.717) is 5.41 Å². The fraction of sp³-hybridized carbons (Fsp3) is 0.933. The molecule has 4 bridgehead atoms. The van der Waals surface area contributed by atoms with Gasteiger partial charge in [0, 0.05) is 6.54 Å². The SMILES string of the molecule is C[C@@H](C(=O)O)N(C)CC12CC3CC(CC(C3)C1)C2. The topological polar surface area (TPSA) is 40.5 Å². The van der Waals surface area contributed by atoms with Gasteiger partial charge in [0.05, 0.1) is 0 Å². The molecular weight excluding hydrogens is 226 g/mol. The number of carboxylic acids is 1. The van der Waals surface area contributed by atoms with Gasteiger partial charge in [0.25, 0.3) is 0 Å². The number of aliphatic carboxylic acids is 1. The summed E-state index contributed by atoms with van der Waals surface area (Å²) in [6.07, 6.45) is 8.44. The number of hydrogen-bond donors (Lipinski definition) is 1. The predicted molar refractivity (Wildman–Crippen MR) is 70.3 cm³/mol. The van der Waals surface area contributed by atoms with Crippen molar-refractivity contribution < 1.29 is 9.90 Å². The van der Waals surface area contributed by atoms with Gasteiger partial charge in [-0.15, -0.1) is 0 Å². The second kappa shape index (κ2) is 4.22. The van der Waals surface area contributed by atoms with Crippen LogP contribution >= 0.6 is 0 Å². The van der Waals surface area contributed by atoms with Crippen molar-refractivity contribution >= 4 is 5.97 Å². The van der Waals surface area contributed by atoms with E-state index in [2.05, 4.69) is 4.90 Å². The molecule has 4 aliphatic carbocycles. The molecule has 4 rings (SSSR count). The zero-order chi connectivity index (χ0) is 12.9. The lowest BCUT2D eigenvalue weighted by molar-refractivity contribution is -0.143. The summed E-state index contributed by atoms with van der Waals surface area (Å²) >= 11 is 0. The third kappa shape index (κ3) is 2.07. The van der Waals surface area contributed by atoms with Crippen LogP contribution in [0, 0.1) is 23.2 Å². The first-order chi connectivity index (χ1) is 8.47. The Morgan fingerprint density at radius 2 is 1.67 bits per heavy atom. The summed E-state index contributed by atoms with van der Waals surface area (Å²) in [4.78, 5) is 13.1. The van der Waals surface area contributed by atoms with Crippen LogP contribution in [0.2, 0.25) is 0 Å². The van der Waals surface area contributed by atoms with Crippen LogP contribution in [0.5, 0.6) is 0 Å². The van der Waals surface area contributed by atoms with Gasteiger partial charge in [-0.05, 0) is 75.7 Å². The minimum Gasteiger partial charge on any atom is -0.480 e. The van der Waals surface area contributed by atoms with Crippen molar-refractivity contribution in [2.75, 3.05) is 13.6 Å². The normalized spacial score (nSPS) is 43.4. The van der Waals surface area contributed by atoms with E-state index < -0.39 is 5.97 Å². The Hall–Kier alpha value is -0.570. The van der Waals surface area contributed by atoms with Crippen molar-refractivity contribution in [3.8, 4) is 0 Å². The highest BCUT2D eigenvalue weighted by molar-refractivity contribution is 5.72. The quantitative estimate of drug-likeness (QED) is 0.835. The number of rotatable bonds is 4. The lowest BCUT2D eigenvalue weighted by atomic mass is 9.49. The first kappa shape index (κ1) is 12.5. The molecule has 0 saturated heterocycles. The highest BCUT2D eigenvalue weighted by Gasteiger charge is 2.51. The highest BCUT2D eigenvalue weighted by Crippen LogP contribution is 2.60. The van der Waals surface area contributed by atoms with E-state index in [1.165, 1.54) is 38.5 Å². The van der Waals surface area contributed by atoms with Gasteiger partial charge < -0.3 is 5.11 Å². The molecule has 18 heavy (non-hydrogen) atoms. The van der Waals surface area contributed by atoms with Crippen LogP contribution in [0.4, 0.5) is 0 Å². The molecule has 0 aromatic carbocycles. The fourth-order valence-electron chi connectivity index (χ4n) is 5.34. The van der Waals surface area contributed by atoms with Crippen molar-refractivity contribution in [3.05, 3.63) is 0 Å². The van der Waals surface area contributed by atoms with Gasteiger partial charge in [0.15, 0.2) is 0 Å². The molecule has 0 aromatic heterocycles. The van der Waals surface area contributed by atoms with E-state index in [1.807, 2.05) is 14.0 Å². The van der Waals surface area contributed by atoms with Gasteiger partial charge in [-0.1, -0.05) is 0 Å². The summed E-state index contributed by atoms with van der Waals surface area (Å²) in [5.41, 5.74) is 0.452. The van der Waals surface area contributed by atoms with Crippen molar-refractivity contribution in [2.45, 2.75) is 51.5 Å². The monoisotopic (exact) mass is 251 g/mol. The molecular formula is C15H25NO2. The Balaban J connectivity index is 1.70. The number of carbonyl (C=O) groups is 1.